The van der Waals surface area contributed by atoms with E-state index in [0.29, 0.717) is 32.5 Å². The summed E-state index contributed by atoms with van der Waals surface area (Å²) in [6.45, 7) is 2.76. The topological polar surface area (TPSA) is 55.8 Å². The van der Waals surface area contributed by atoms with Crippen LogP contribution in [-0.4, -0.2) is 29.4 Å². The van der Waals surface area contributed by atoms with Crippen molar-refractivity contribution in [2.45, 2.75) is 44.5 Å². The van der Waals surface area contributed by atoms with E-state index < -0.39 is 11.7 Å². The van der Waals surface area contributed by atoms with Crippen molar-refractivity contribution >= 4 is 5.97 Å². The highest BCUT2D eigenvalue weighted by Crippen LogP contribution is 2.30. The number of cyclic esters (lactones) is 1. The van der Waals surface area contributed by atoms with E-state index in [2.05, 4.69) is 0 Å². The number of hydrogen-bond acceptors (Lipinski definition) is 4. The quantitative estimate of drug-likeness (QED) is 0.631. The van der Waals surface area contributed by atoms with Gasteiger partial charge < -0.3 is 14.6 Å². The van der Waals surface area contributed by atoms with Crippen LogP contribution in [0.5, 0.6) is 0 Å². The van der Waals surface area contributed by atoms with E-state index >= 15 is 0 Å². The van der Waals surface area contributed by atoms with Crippen molar-refractivity contribution < 1.29 is 19.4 Å². The maximum atomic E-state index is 11.1. The molecule has 0 unspecified atom stereocenters. The number of esters is 1. The molecule has 4 heteroatoms. The van der Waals surface area contributed by atoms with Crippen LogP contribution in [0.4, 0.5) is 0 Å². The fourth-order valence-corrected chi connectivity index (χ4v) is 2.21. The molecule has 4 nitrogen and oxygen atoms in total. The van der Waals surface area contributed by atoms with Gasteiger partial charge in [-0.3, -0.25) is 4.79 Å². The van der Waals surface area contributed by atoms with E-state index in [9.17, 15) is 9.90 Å². The van der Waals surface area contributed by atoms with Gasteiger partial charge in [0, 0.05) is 19.4 Å². The number of aliphatic hydroxyl groups is 1. The van der Waals surface area contributed by atoms with Gasteiger partial charge in [0.15, 0.2) is 0 Å². The molecule has 1 fully saturated rings. The molecule has 1 saturated heterocycles. The summed E-state index contributed by atoms with van der Waals surface area (Å²) in [5, 5.41) is 10.1. The van der Waals surface area contributed by atoms with Gasteiger partial charge in [0.25, 0.3) is 0 Å². The highest BCUT2D eigenvalue weighted by Gasteiger charge is 2.41. The SMILES string of the molecule is C[C@]1([C@H](O)CCOCc2ccccc2)CCC(=O)O1. The van der Waals surface area contributed by atoms with Crippen LogP contribution < -0.4 is 0 Å². The van der Waals surface area contributed by atoms with Gasteiger partial charge in [0.05, 0.1) is 12.7 Å². The molecule has 1 aliphatic heterocycles. The molecule has 104 valence electrons. The molecule has 0 radical (unpaired) electrons. The molecule has 0 aromatic heterocycles. The predicted molar refractivity (Wildman–Crippen MR) is 70.5 cm³/mol. The Morgan fingerprint density at radius 3 is 2.79 bits per heavy atom. The molecule has 1 aromatic rings. The molecule has 1 aromatic carbocycles. The molecule has 0 amide bonds. The van der Waals surface area contributed by atoms with E-state index in [0.717, 1.165) is 5.56 Å². The molecule has 0 bridgehead atoms. The second-order valence-electron chi connectivity index (χ2n) is 5.13. The number of aliphatic hydroxyl groups excluding tert-OH is 1. The van der Waals surface area contributed by atoms with Crippen LogP contribution in [0.1, 0.15) is 31.7 Å². The second-order valence-corrected chi connectivity index (χ2v) is 5.13. The van der Waals surface area contributed by atoms with Crippen molar-refractivity contribution in [3.63, 3.8) is 0 Å². The van der Waals surface area contributed by atoms with Gasteiger partial charge in [-0.25, -0.2) is 0 Å². The lowest BCUT2D eigenvalue weighted by Crippen LogP contribution is -2.39. The molecular weight excluding hydrogens is 244 g/mol. The summed E-state index contributed by atoms with van der Waals surface area (Å²) in [5.41, 5.74) is 0.364. The molecule has 1 N–H and O–H groups in total. The number of carbonyl (C=O) groups is 1. The molecule has 2 atom stereocenters. The Morgan fingerprint density at radius 1 is 1.42 bits per heavy atom. The largest absolute Gasteiger partial charge is 0.457 e. The molecule has 0 aliphatic carbocycles. The minimum atomic E-state index is -0.743. The lowest BCUT2D eigenvalue weighted by molar-refractivity contribution is -0.157. The predicted octanol–water partition coefficient (Wildman–Crippen LogP) is 2.05. The number of benzene rings is 1. The summed E-state index contributed by atoms with van der Waals surface area (Å²) >= 11 is 0. The first kappa shape index (κ1) is 14.0. The minimum absolute atomic E-state index is 0.230. The first-order chi connectivity index (χ1) is 9.10. The van der Waals surface area contributed by atoms with Gasteiger partial charge in [-0.1, -0.05) is 30.3 Å². The Bertz CT molecular complexity index is 417. The number of ether oxygens (including phenoxy) is 2. The second kappa shape index (κ2) is 6.17. The fraction of sp³-hybridized carbons (Fsp3) is 0.533. The third-order valence-corrected chi connectivity index (χ3v) is 3.52. The van der Waals surface area contributed by atoms with E-state index in [-0.39, 0.29) is 5.97 Å². The highest BCUT2D eigenvalue weighted by atomic mass is 16.6. The summed E-state index contributed by atoms with van der Waals surface area (Å²) < 4.78 is 10.7. The molecular formula is C15H20O4. The van der Waals surface area contributed by atoms with Crippen molar-refractivity contribution in [1.29, 1.82) is 0 Å². The van der Waals surface area contributed by atoms with Crippen LogP contribution in [0.15, 0.2) is 30.3 Å². The average Bonchev–Trinajstić information content (AvgIpc) is 2.77. The Balaban J connectivity index is 1.69. The summed E-state index contributed by atoms with van der Waals surface area (Å²) in [7, 11) is 0. The first-order valence-corrected chi connectivity index (χ1v) is 6.62. The van der Waals surface area contributed by atoms with Gasteiger partial charge in [0.2, 0.25) is 0 Å². The summed E-state index contributed by atoms with van der Waals surface area (Å²) in [6, 6.07) is 9.88. The van der Waals surface area contributed by atoms with Crippen LogP contribution in [0.2, 0.25) is 0 Å². The van der Waals surface area contributed by atoms with Gasteiger partial charge in [-0.05, 0) is 18.9 Å². The van der Waals surface area contributed by atoms with Crippen molar-refractivity contribution in [1.82, 2.24) is 0 Å². The average molecular weight is 264 g/mol. The van der Waals surface area contributed by atoms with Crippen LogP contribution in [0.25, 0.3) is 0 Å². The van der Waals surface area contributed by atoms with E-state index in [1.165, 1.54) is 0 Å². The summed E-state index contributed by atoms with van der Waals surface area (Å²) in [4.78, 5) is 11.1. The van der Waals surface area contributed by atoms with Crippen LogP contribution >= 0.6 is 0 Å². The van der Waals surface area contributed by atoms with Crippen LogP contribution in [-0.2, 0) is 20.9 Å². The Morgan fingerprint density at radius 2 is 2.16 bits per heavy atom. The van der Waals surface area contributed by atoms with Gasteiger partial charge >= 0.3 is 5.97 Å². The third-order valence-electron chi connectivity index (χ3n) is 3.52. The Kier molecular flexibility index (Phi) is 4.56. The van der Waals surface area contributed by atoms with Gasteiger partial charge in [-0.15, -0.1) is 0 Å². The zero-order valence-electron chi connectivity index (χ0n) is 11.2. The number of carbonyl (C=O) groups excluding carboxylic acids is 1. The molecule has 19 heavy (non-hydrogen) atoms. The van der Waals surface area contributed by atoms with Crippen LogP contribution in [0.3, 0.4) is 0 Å². The molecule has 0 spiro atoms. The summed E-state index contributed by atoms with van der Waals surface area (Å²) in [6.07, 6.45) is 0.760. The third kappa shape index (κ3) is 3.78. The first-order valence-electron chi connectivity index (χ1n) is 6.62. The fourth-order valence-electron chi connectivity index (χ4n) is 2.21. The van der Waals surface area contributed by atoms with Gasteiger partial charge in [0.1, 0.15) is 5.60 Å². The van der Waals surface area contributed by atoms with Crippen molar-refractivity contribution in [3.8, 4) is 0 Å². The van der Waals surface area contributed by atoms with Crippen molar-refractivity contribution in [2.75, 3.05) is 6.61 Å². The normalized spacial score (nSPS) is 24.2. The standard InChI is InChI=1S/C15H20O4/c1-15(9-7-14(17)19-15)13(16)8-10-18-11-12-5-3-2-4-6-12/h2-6,13,16H,7-11H2,1H3/t13-,15-/m1/s1. The summed E-state index contributed by atoms with van der Waals surface area (Å²) in [5.74, 6) is -0.230. The zero-order chi connectivity index (χ0) is 13.7. The Labute approximate surface area is 113 Å². The molecule has 2 rings (SSSR count). The Hall–Kier alpha value is -1.39. The van der Waals surface area contributed by atoms with E-state index in [1.807, 2.05) is 30.3 Å². The van der Waals surface area contributed by atoms with Crippen molar-refractivity contribution in [3.05, 3.63) is 35.9 Å². The van der Waals surface area contributed by atoms with Crippen molar-refractivity contribution in [2.24, 2.45) is 0 Å². The number of hydrogen-bond donors (Lipinski definition) is 1. The zero-order valence-corrected chi connectivity index (χ0v) is 11.2. The maximum Gasteiger partial charge on any atom is 0.306 e. The maximum absolute atomic E-state index is 11.1. The molecule has 0 saturated carbocycles. The monoisotopic (exact) mass is 264 g/mol. The molecule has 1 aliphatic rings. The van der Waals surface area contributed by atoms with E-state index in [1.54, 1.807) is 6.92 Å². The number of rotatable bonds is 6. The van der Waals surface area contributed by atoms with Crippen LogP contribution in [0, 0.1) is 0 Å². The lowest BCUT2D eigenvalue weighted by Gasteiger charge is -2.28. The highest BCUT2D eigenvalue weighted by molar-refractivity contribution is 5.72. The minimum Gasteiger partial charge on any atom is -0.457 e. The lowest BCUT2D eigenvalue weighted by atomic mass is 9.93. The smallest absolute Gasteiger partial charge is 0.306 e. The van der Waals surface area contributed by atoms with E-state index in [4.69, 9.17) is 9.47 Å². The van der Waals surface area contributed by atoms with Gasteiger partial charge in [-0.2, -0.15) is 0 Å². The molecule has 1 heterocycles.